The van der Waals surface area contributed by atoms with E-state index < -0.39 is 46.7 Å². The highest BCUT2D eigenvalue weighted by atomic mass is 16.6. The molecule has 0 fully saturated rings. The van der Waals surface area contributed by atoms with Gasteiger partial charge >= 0.3 is 0 Å². The van der Waals surface area contributed by atoms with Crippen LogP contribution >= 0.6 is 0 Å². The number of nitrogens with one attached hydrogen (secondary N) is 3. The number of nitro benzene ring substituents is 1. The van der Waals surface area contributed by atoms with Gasteiger partial charge in [-0.3, -0.25) is 29.3 Å². The second-order valence-corrected chi connectivity index (χ2v) is 8.72. The van der Waals surface area contributed by atoms with Gasteiger partial charge in [-0.2, -0.15) is 0 Å². The molecule has 0 saturated carbocycles. The number of non-ortho nitro benzene ring substituents is 1. The van der Waals surface area contributed by atoms with Crippen molar-refractivity contribution in [3.8, 4) is 5.75 Å². The molecule has 13 heteroatoms. The number of fused-ring (bicyclic) bond motifs is 1. The number of carbonyl (C=O) groups is 4. The lowest BCUT2D eigenvalue weighted by Gasteiger charge is -2.28. The molecule has 1 aliphatic rings. The molecule has 4 atom stereocenters. The summed E-state index contributed by atoms with van der Waals surface area (Å²) < 4.78 is 5.65. The largest absolute Gasteiger partial charge is 0.493 e. The van der Waals surface area contributed by atoms with Crippen molar-refractivity contribution >= 4 is 29.3 Å². The van der Waals surface area contributed by atoms with Gasteiger partial charge in [-0.05, 0) is 37.8 Å². The minimum Gasteiger partial charge on any atom is -0.493 e. The van der Waals surface area contributed by atoms with Gasteiger partial charge < -0.3 is 32.2 Å². The average molecular weight is 507 g/mol. The lowest BCUT2D eigenvalue weighted by Crippen LogP contribution is -2.57. The van der Waals surface area contributed by atoms with Crippen LogP contribution in [0.4, 0.5) is 5.69 Å². The maximum atomic E-state index is 13.3. The maximum Gasteiger partial charge on any atom is 0.270 e. The van der Waals surface area contributed by atoms with E-state index in [-0.39, 0.29) is 42.4 Å². The smallest absolute Gasteiger partial charge is 0.270 e. The number of primary amides is 1. The molecule has 2 unspecified atom stereocenters. The molecule has 0 bridgehead atoms. The summed E-state index contributed by atoms with van der Waals surface area (Å²) in [5, 5.41) is 19.2. The van der Waals surface area contributed by atoms with E-state index >= 15 is 0 Å². The Labute approximate surface area is 208 Å². The lowest BCUT2D eigenvalue weighted by molar-refractivity contribution is -0.384. The molecule has 13 nitrogen and oxygen atoms in total. The minimum atomic E-state index is -1.10. The highest BCUT2D eigenvalue weighted by molar-refractivity contribution is 6.01. The first-order valence-corrected chi connectivity index (χ1v) is 11.9. The van der Waals surface area contributed by atoms with Crippen molar-refractivity contribution in [2.24, 2.45) is 17.4 Å². The van der Waals surface area contributed by atoms with Gasteiger partial charge in [0.2, 0.25) is 17.7 Å². The fourth-order valence-electron chi connectivity index (χ4n) is 3.72. The number of rotatable bonds is 8. The van der Waals surface area contributed by atoms with E-state index in [0.717, 1.165) is 6.07 Å². The van der Waals surface area contributed by atoms with E-state index in [4.69, 9.17) is 16.2 Å². The van der Waals surface area contributed by atoms with Crippen molar-refractivity contribution in [3.63, 3.8) is 0 Å². The van der Waals surface area contributed by atoms with Gasteiger partial charge in [-0.15, -0.1) is 0 Å². The van der Waals surface area contributed by atoms with Crippen molar-refractivity contribution in [2.45, 2.75) is 64.1 Å². The summed E-state index contributed by atoms with van der Waals surface area (Å²) in [6, 6.07) is 0.358. The summed E-state index contributed by atoms with van der Waals surface area (Å²) in [5.41, 5.74) is 10.5. The van der Waals surface area contributed by atoms with Crippen LogP contribution in [-0.2, 0) is 14.4 Å². The molecule has 1 heterocycles. The zero-order valence-electron chi connectivity index (χ0n) is 20.5. The third kappa shape index (κ3) is 7.63. The van der Waals surface area contributed by atoms with Gasteiger partial charge in [0, 0.05) is 18.6 Å². The van der Waals surface area contributed by atoms with Crippen LogP contribution in [0.25, 0.3) is 0 Å². The third-order valence-electron chi connectivity index (χ3n) is 6.10. The number of unbranched alkanes of at least 4 members (excludes halogenated alkanes) is 1. The first-order valence-electron chi connectivity index (χ1n) is 11.9. The molecule has 1 aliphatic heterocycles. The number of nitrogens with two attached hydrogens (primary N) is 2. The molecule has 1 aromatic carbocycles. The Morgan fingerprint density at radius 2 is 1.92 bits per heavy atom. The SMILES string of the molecule is CCC(C)[C@@H]1NC(=O)c2cc([N+](=O)[O-])ccc2OCCC(C(N)=O)NC(=O)[C@H](CCCCN)NC1=O. The normalized spacial score (nSPS) is 22.1. The molecule has 36 heavy (non-hydrogen) atoms. The van der Waals surface area contributed by atoms with E-state index in [0.29, 0.717) is 25.8 Å². The summed E-state index contributed by atoms with van der Waals surface area (Å²) in [4.78, 5) is 62.1. The summed E-state index contributed by atoms with van der Waals surface area (Å²) in [7, 11) is 0. The van der Waals surface area contributed by atoms with Crippen LogP contribution in [0.15, 0.2) is 18.2 Å². The summed E-state index contributed by atoms with van der Waals surface area (Å²) in [6.45, 7) is 3.87. The Hall–Kier alpha value is -3.74. The van der Waals surface area contributed by atoms with Crippen molar-refractivity contribution in [2.75, 3.05) is 13.2 Å². The molecule has 0 aliphatic carbocycles. The Bertz CT molecular complexity index is 986. The summed E-state index contributed by atoms with van der Waals surface area (Å²) >= 11 is 0. The van der Waals surface area contributed by atoms with E-state index in [1.54, 1.807) is 6.92 Å². The van der Waals surface area contributed by atoms with Gasteiger partial charge in [0.25, 0.3) is 11.6 Å². The zero-order chi connectivity index (χ0) is 26.8. The molecule has 0 radical (unpaired) electrons. The molecule has 198 valence electrons. The van der Waals surface area contributed by atoms with Gasteiger partial charge in [0.15, 0.2) is 0 Å². The average Bonchev–Trinajstić information content (AvgIpc) is 2.84. The van der Waals surface area contributed by atoms with Gasteiger partial charge in [-0.25, -0.2) is 0 Å². The summed E-state index contributed by atoms with van der Waals surface area (Å²) in [5.74, 6) is -3.06. The van der Waals surface area contributed by atoms with Crippen molar-refractivity contribution in [3.05, 3.63) is 33.9 Å². The maximum absolute atomic E-state index is 13.3. The van der Waals surface area contributed by atoms with Crippen LogP contribution in [0.1, 0.15) is 56.3 Å². The Balaban J connectivity index is 2.50. The predicted octanol–water partition coefficient (Wildman–Crippen LogP) is 0.106. The highest BCUT2D eigenvalue weighted by Crippen LogP contribution is 2.25. The standard InChI is InChI=1S/C23H34N6O7/c1-3-13(2)19-23(33)27-17(6-4-5-10-24)22(32)26-16(20(25)30)9-11-36-18-8-7-14(29(34)35)12-15(18)21(31)28-19/h7-8,12-13,16-17,19H,3-6,9-11,24H2,1-2H3,(H2,25,30)(H,26,32)(H,27,33)(H,28,31)/t13?,16?,17-,19-/m0/s1. The Morgan fingerprint density at radius 3 is 2.53 bits per heavy atom. The molecule has 0 aromatic heterocycles. The topological polar surface area (TPSA) is 209 Å². The number of nitro groups is 1. The number of nitrogens with zero attached hydrogens (tertiary/aromatic N) is 1. The molecule has 0 spiro atoms. The first-order chi connectivity index (χ1) is 17.1. The Kier molecular flexibility index (Phi) is 10.6. The summed E-state index contributed by atoms with van der Waals surface area (Å²) in [6.07, 6.45) is 1.90. The van der Waals surface area contributed by atoms with E-state index in [1.165, 1.54) is 12.1 Å². The van der Waals surface area contributed by atoms with Gasteiger partial charge in [0.1, 0.15) is 23.9 Å². The molecule has 4 amide bonds. The molecular weight excluding hydrogens is 472 g/mol. The van der Waals surface area contributed by atoms with Crippen molar-refractivity contribution < 1.29 is 28.8 Å². The van der Waals surface area contributed by atoms with Crippen molar-refractivity contribution in [1.82, 2.24) is 16.0 Å². The zero-order valence-corrected chi connectivity index (χ0v) is 20.5. The number of hydrogen-bond donors (Lipinski definition) is 5. The predicted molar refractivity (Wildman–Crippen MR) is 130 cm³/mol. The van der Waals surface area contributed by atoms with E-state index in [9.17, 15) is 29.3 Å². The van der Waals surface area contributed by atoms with Crippen molar-refractivity contribution in [1.29, 1.82) is 0 Å². The number of benzene rings is 1. The Morgan fingerprint density at radius 1 is 1.19 bits per heavy atom. The second kappa shape index (κ2) is 13.4. The van der Waals surface area contributed by atoms with Crippen LogP contribution in [0, 0.1) is 16.0 Å². The van der Waals surface area contributed by atoms with Crippen LogP contribution < -0.4 is 32.2 Å². The van der Waals surface area contributed by atoms with Crippen LogP contribution in [0.2, 0.25) is 0 Å². The molecule has 7 N–H and O–H groups in total. The fraction of sp³-hybridized carbons (Fsp3) is 0.565. The fourth-order valence-corrected chi connectivity index (χ4v) is 3.72. The number of carbonyl (C=O) groups excluding carboxylic acids is 4. The van der Waals surface area contributed by atoms with Gasteiger partial charge in [0.05, 0.1) is 17.1 Å². The number of ether oxygens (including phenoxy) is 1. The lowest BCUT2D eigenvalue weighted by atomic mass is 9.96. The van der Waals surface area contributed by atoms with Crippen LogP contribution in [-0.4, -0.2) is 59.8 Å². The van der Waals surface area contributed by atoms with Crippen LogP contribution in [0.3, 0.4) is 0 Å². The van der Waals surface area contributed by atoms with E-state index in [1.807, 2.05) is 6.92 Å². The van der Waals surface area contributed by atoms with Crippen LogP contribution in [0.5, 0.6) is 5.75 Å². The molecule has 2 rings (SSSR count). The van der Waals surface area contributed by atoms with E-state index in [2.05, 4.69) is 16.0 Å². The first kappa shape index (κ1) is 28.5. The monoisotopic (exact) mass is 506 g/mol. The quantitative estimate of drug-likeness (QED) is 0.185. The second-order valence-electron chi connectivity index (χ2n) is 8.72. The number of amides is 4. The minimum absolute atomic E-state index is 0.0210. The highest BCUT2D eigenvalue weighted by Gasteiger charge is 2.32. The number of hydrogen-bond acceptors (Lipinski definition) is 8. The molecule has 0 saturated heterocycles. The molecule has 1 aromatic rings. The third-order valence-corrected chi connectivity index (χ3v) is 6.10. The molecular formula is C23H34N6O7. The van der Waals surface area contributed by atoms with Gasteiger partial charge in [-0.1, -0.05) is 20.3 Å².